The summed E-state index contributed by atoms with van der Waals surface area (Å²) in [7, 11) is 0. The normalized spacial score (nSPS) is 18.8. The second-order valence-corrected chi connectivity index (χ2v) is 6.03. The molecule has 0 spiro atoms. The van der Waals surface area contributed by atoms with Crippen molar-refractivity contribution in [3.8, 4) is 0 Å². The van der Waals surface area contributed by atoms with E-state index in [1.807, 2.05) is 11.3 Å². The molecule has 0 amide bonds. The Labute approximate surface area is 118 Å². The number of benzene rings is 1. The fraction of sp³-hybridized carbons (Fsp3) is 0.375. The molecular formula is C16H20N2S. The molecule has 19 heavy (non-hydrogen) atoms. The summed E-state index contributed by atoms with van der Waals surface area (Å²) in [5.41, 5.74) is 2.91. The Hall–Kier alpha value is -1.16. The first-order chi connectivity index (χ1) is 9.43. The highest BCUT2D eigenvalue weighted by molar-refractivity contribution is 7.09. The molecule has 100 valence electrons. The zero-order chi connectivity index (χ0) is 12.9. The van der Waals surface area contributed by atoms with Gasteiger partial charge in [0.15, 0.2) is 0 Å². The number of fused-ring (bicyclic) bond motifs is 1. The van der Waals surface area contributed by atoms with Crippen LogP contribution < -0.4 is 10.6 Å². The number of nitrogens with one attached hydrogen (secondary N) is 2. The number of hydrogen-bond donors (Lipinski definition) is 2. The van der Waals surface area contributed by atoms with E-state index in [0.29, 0.717) is 6.04 Å². The fourth-order valence-corrected chi connectivity index (χ4v) is 3.41. The largest absolute Gasteiger partial charge is 0.313 e. The van der Waals surface area contributed by atoms with Gasteiger partial charge in [-0.2, -0.15) is 0 Å². The van der Waals surface area contributed by atoms with Crippen LogP contribution >= 0.6 is 11.3 Å². The first kappa shape index (κ1) is 12.9. The van der Waals surface area contributed by atoms with Gasteiger partial charge in [0.2, 0.25) is 0 Å². The lowest BCUT2D eigenvalue weighted by Gasteiger charge is -2.18. The molecule has 2 aromatic rings. The molecule has 1 aliphatic heterocycles. The first-order valence-electron chi connectivity index (χ1n) is 6.98. The molecule has 3 heteroatoms. The van der Waals surface area contributed by atoms with E-state index in [-0.39, 0.29) is 0 Å². The van der Waals surface area contributed by atoms with Gasteiger partial charge in [0, 0.05) is 24.0 Å². The van der Waals surface area contributed by atoms with Crippen molar-refractivity contribution >= 4 is 11.3 Å². The van der Waals surface area contributed by atoms with Crippen molar-refractivity contribution in [2.24, 2.45) is 0 Å². The molecule has 0 radical (unpaired) electrons. The third-order valence-electron chi connectivity index (χ3n) is 3.70. The minimum absolute atomic E-state index is 0.492. The molecule has 1 aromatic carbocycles. The van der Waals surface area contributed by atoms with Gasteiger partial charge in [-0.3, -0.25) is 0 Å². The maximum Gasteiger partial charge on any atom is 0.0335 e. The molecule has 1 aliphatic rings. The van der Waals surface area contributed by atoms with Crippen LogP contribution in [0.2, 0.25) is 0 Å². The van der Waals surface area contributed by atoms with Crippen LogP contribution in [0.4, 0.5) is 0 Å². The topological polar surface area (TPSA) is 24.1 Å². The van der Waals surface area contributed by atoms with E-state index in [1.165, 1.54) is 22.4 Å². The van der Waals surface area contributed by atoms with Crippen LogP contribution in [0.5, 0.6) is 0 Å². The average molecular weight is 272 g/mol. The number of hydrogen-bond acceptors (Lipinski definition) is 3. The number of thiophene rings is 1. The van der Waals surface area contributed by atoms with Gasteiger partial charge in [-0.15, -0.1) is 11.3 Å². The monoisotopic (exact) mass is 272 g/mol. The van der Waals surface area contributed by atoms with E-state index in [4.69, 9.17) is 0 Å². The Morgan fingerprint density at radius 2 is 2.16 bits per heavy atom. The molecule has 2 N–H and O–H groups in total. The number of rotatable bonds is 4. The summed E-state index contributed by atoms with van der Waals surface area (Å²) in [5, 5.41) is 9.38. The minimum atomic E-state index is 0.492. The van der Waals surface area contributed by atoms with Crippen LogP contribution in [-0.4, -0.2) is 13.1 Å². The standard InChI is InChI=1S/C16H20N2S/c1-2-6-15-13(4-1)12-17-9-8-16(15)18-10-7-14-5-3-11-19-14/h1-6,11,16-18H,7-10,12H2. The maximum absolute atomic E-state index is 3.72. The van der Waals surface area contributed by atoms with Gasteiger partial charge < -0.3 is 10.6 Å². The van der Waals surface area contributed by atoms with Crippen molar-refractivity contribution < 1.29 is 0 Å². The summed E-state index contributed by atoms with van der Waals surface area (Å²) in [6.45, 7) is 3.14. The minimum Gasteiger partial charge on any atom is -0.313 e. The van der Waals surface area contributed by atoms with Gasteiger partial charge >= 0.3 is 0 Å². The van der Waals surface area contributed by atoms with E-state index < -0.39 is 0 Å². The summed E-state index contributed by atoms with van der Waals surface area (Å²) in [4.78, 5) is 1.47. The van der Waals surface area contributed by atoms with E-state index in [1.54, 1.807) is 0 Å². The maximum atomic E-state index is 3.72. The summed E-state index contributed by atoms with van der Waals surface area (Å²) >= 11 is 1.85. The van der Waals surface area contributed by atoms with E-state index in [0.717, 1.165) is 26.1 Å². The second-order valence-electron chi connectivity index (χ2n) is 5.00. The molecule has 0 aliphatic carbocycles. The van der Waals surface area contributed by atoms with Crippen LogP contribution in [0.15, 0.2) is 41.8 Å². The lowest BCUT2D eigenvalue weighted by Crippen LogP contribution is -2.25. The van der Waals surface area contributed by atoms with Crippen molar-refractivity contribution in [1.82, 2.24) is 10.6 Å². The zero-order valence-electron chi connectivity index (χ0n) is 11.1. The van der Waals surface area contributed by atoms with Crippen LogP contribution in [0.25, 0.3) is 0 Å². The molecular weight excluding hydrogens is 252 g/mol. The Balaban J connectivity index is 1.63. The molecule has 1 unspecified atom stereocenters. The third-order valence-corrected chi connectivity index (χ3v) is 4.63. The molecule has 2 heterocycles. The van der Waals surface area contributed by atoms with Crippen molar-refractivity contribution in [2.45, 2.75) is 25.4 Å². The molecule has 3 rings (SSSR count). The molecule has 0 saturated carbocycles. The summed E-state index contributed by atoms with van der Waals surface area (Å²) < 4.78 is 0. The van der Waals surface area contributed by atoms with Gasteiger partial charge in [0.1, 0.15) is 0 Å². The van der Waals surface area contributed by atoms with Crippen molar-refractivity contribution in [1.29, 1.82) is 0 Å². The highest BCUT2D eigenvalue weighted by Crippen LogP contribution is 2.23. The predicted molar refractivity (Wildman–Crippen MR) is 81.5 cm³/mol. The molecule has 0 fully saturated rings. The molecule has 0 bridgehead atoms. The van der Waals surface area contributed by atoms with Gasteiger partial charge in [-0.1, -0.05) is 30.3 Å². The fourth-order valence-electron chi connectivity index (χ4n) is 2.70. The van der Waals surface area contributed by atoms with Gasteiger partial charge in [-0.05, 0) is 42.0 Å². The SMILES string of the molecule is c1csc(CCNC2CCNCc3ccccc32)c1. The van der Waals surface area contributed by atoms with Crippen LogP contribution in [-0.2, 0) is 13.0 Å². The van der Waals surface area contributed by atoms with E-state index in [9.17, 15) is 0 Å². The van der Waals surface area contributed by atoms with Crippen molar-refractivity contribution in [2.75, 3.05) is 13.1 Å². The Morgan fingerprint density at radius 1 is 1.21 bits per heavy atom. The molecule has 2 nitrogen and oxygen atoms in total. The molecule has 1 atom stereocenters. The highest BCUT2D eigenvalue weighted by Gasteiger charge is 2.16. The summed E-state index contributed by atoms with van der Waals surface area (Å²) in [5.74, 6) is 0. The Morgan fingerprint density at radius 3 is 3.05 bits per heavy atom. The van der Waals surface area contributed by atoms with E-state index in [2.05, 4.69) is 52.4 Å². The Kier molecular flexibility index (Phi) is 4.28. The van der Waals surface area contributed by atoms with E-state index >= 15 is 0 Å². The first-order valence-corrected chi connectivity index (χ1v) is 7.86. The second kappa shape index (κ2) is 6.33. The predicted octanol–water partition coefficient (Wildman–Crippen LogP) is 3.11. The summed E-state index contributed by atoms with van der Waals surface area (Å²) in [6.07, 6.45) is 2.30. The quantitative estimate of drug-likeness (QED) is 0.893. The van der Waals surface area contributed by atoms with Gasteiger partial charge in [0.25, 0.3) is 0 Å². The van der Waals surface area contributed by atoms with Crippen molar-refractivity contribution in [3.63, 3.8) is 0 Å². The van der Waals surface area contributed by atoms with Gasteiger partial charge in [-0.25, -0.2) is 0 Å². The molecule has 1 aromatic heterocycles. The summed E-state index contributed by atoms with van der Waals surface area (Å²) in [6, 6.07) is 13.6. The molecule has 0 saturated heterocycles. The third kappa shape index (κ3) is 3.24. The Bertz CT molecular complexity index is 507. The van der Waals surface area contributed by atoms with Gasteiger partial charge in [0.05, 0.1) is 0 Å². The lowest BCUT2D eigenvalue weighted by atomic mass is 9.99. The van der Waals surface area contributed by atoms with Crippen molar-refractivity contribution in [3.05, 3.63) is 57.8 Å². The van der Waals surface area contributed by atoms with Crippen LogP contribution in [0.1, 0.15) is 28.5 Å². The highest BCUT2D eigenvalue weighted by atomic mass is 32.1. The zero-order valence-corrected chi connectivity index (χ0v) is 11.9. The lowest BCUT2D eigenvalue weighted by molar-refractivity contribution is 0.500. The average Bonchev–Trinajstić information content (AvgIpc) is 2.87. The van der Waals surface area contributed by atoms with Crippen LogP contribution in [0.3, 0.4) is 0 Å². The van der Waals surface area contributed by atoms with Crippen LogP contribution in [0, 0.1) is 0 Å². The smallest absolute Gasteiger partial charge is 0.0335 e.